The quantitative estimate of drug-likeness (QED) is 0.445. The minimum atomic E-state index is 0.773. The van der Waals surface area contributed by atoms with Crippen LogP contribution >= 0.6 is 0 Å². The smallest absolute Gasteiger partial charge is 0.0787 e. The van der Waals surface area contributed by atoms with Crippen molar-refractivity contribution in [2.75, 3.05) is 7.11 Å². The van der Waals surface area contributed by atoms with Gasteiger partial charge in [-0.2, -0.15) is 0 Å². The topological polar surface area (TPSA) is 9.23 Å². The summed E-state index contributed by atoms with van der Waals surface area (Å²) in [7, 11) is 1.74. The second kappa shape index (κ2) is 8.54. The largest absolute Gasteiger partial charge is 0.505 e. The zero-order valence-corrected chi connectivity index (χ0v) is 13.2. The van der Waals surface area contributed by atoms with Gasteiger partial charge in [0.1, 0.15) is 0 Å². The van der Waals surface area contributed by atoms with Gasteiger partial charge in [-0.3, -0.25) is 0 Å². The molecule has 114 valence electrons. The molecule has 0 atom stereocenters. The zero-order valence-electron chi connectivity index (χ0n) is 13.2. The third kappa shape index (κ3) is 4.68. The highest BCUT2D eigenvalue weighted by molar-refractivity contribution is 4.89. The zero-order chi connectivity index (χ0) is 14.2. The van der Waals surface area contributed by atoms with Crippen molar-refractivity contribution in [1.82, 2.24) is 0 Å². The number of hydrogen-bond donors (Lipinski definition) is 0. The van der Waals surface area contributed by atoms with E-state index in [2.05, 4.69) is 18.7 Å². The van der Waals surface area contributed by atoms with Gasteiger partial charge in [0.2, 0.25) is 0 Å². The maximum Gasteiger partial charge on any atom is 0.0787 e. The van der Waals surface area contributed by atoms with E-state index in [1.807, 2.05) is 6.26 Å². The molecule has 0 unspecified atom stereocenters. The Bertz CT molecular complexity index is 291. The standard InChI is InChI=1S/C19H32O/c1-3-4-5-16-6-10-18(11-7-16)19-12-8-17(9-13-19)14-15-20-2/h3,14-19H,1,4-13H2,2H3/t16-,17-,18-,19-. The Kier molecular flexibility index (Phi) is 6.69. The molecule has 0 N–H and O–H groups in total. The molecule has 0 aromatic rings. The first-order chi connectivity index (χ1) is 9.83. The Hall–Kier alpha value is -0.720. The highest BCUT2D eigenvalue weighted by atomic mass is 16.5. The highest BCUT2D eigenvalue weighted by Crippen LogP contribution is 2.42. The fourth-order valence-electron chi connectivity index (χ4n) is 4.30. The van der Waals surface area contributed by atoms with Crippen LogP contribution < -0.4 is 0 Å². The van der Waals surface area contributed by atoms with E-state index in [0.717, 1.165) is 23.7 Å². The van der Waals surface area contributed by atoms with E-state index < -0.39 is 0 Å². The van der Waals surface area contributed by atoms with Gasteiger partial charge in [-0.05, 0) is 81.1 Å². The molecule has 2 fully saturated rings. The van der Waals surface area contributed by atoms with Gasteiger partial charge in [0.25, 0.3) is 0 Å². The molecule has 0 aromatic carbocycles. The van der Waals surface area contributed by atoms with E-state index in [0.29, 0.717) is 0 Å². The minimum Gasteiger partial charge on any atom is -0.505 e. The average Bonchev–Trinajstić information content (AvgIpc) is 2.52. The van der Waals surface area contributed by atoms with E-state index in [4.69, 9.17) is 4.74 Å². The maximum absolute atomic E-state index is 5.04. The molecule has 0 amide bonds. The Balaban J connectivity index is 1.67. The van der Waals surface area contributed by atoms with Crippen LogP contribution in [0.15, 0.2) is 25.0 Å². The highest BCUT2D eigenvalue weighted by Gasteiger charge is 2.30. The van der Waals surface area contributed by atoms with Gasteiger partial charge >= 0.3 is 0 Å². The summed E-state index contributed by atoms with van der Waals surface area (Å²) in [4.78, 5) is 0. The molecule has 0 spiro atoms. The van der Waals surface area contributed by atoms with E-state index in [9.17, 15) is 0 Å². The second-order valence-corrected chi connectivity index (χ2v) is 6.89. The summed E-state index contributed by atoms with van der Waals surface area (Å²) < 4.78 is 5.04. The lowest BCUT2D eigenvalue weighted by atomic mass is 9.69. The van der Waals surface area contributed by atoms with Crippen molar-refractivity contribution < 1.29 is 4.74 Å². The summed E-state index contributed by atoms with van der Waals surface area (Å²) in [6, 6.07) is 0. The average molecular weight is 276 g/mol. The van der Waals surface area contributed by atoms with E-state index >= 15 is 0 Å². The molecule has 0 heterocycles. The van der Waals surface area contributed by atoms with Crippen LogP contribution in [0, 0.1) is 23.7 Å². The molecule has 2 rings (SSSR count). The minimum absolute atomic E-state index is 0.773. The third-order valence-corrected chi connectivity index (χ3v) is 5.64. The maximum atomic E-state index is 5.04. The van der Waals surface area contributed by atoms with Crippen molar-refractivity contribution in [3.05, 3.63) is 25.0 Å². The summed E-state index contributed by atoms with van der Waals surface area (Å²) in [5.74, 6) is 3.81. The van der Waals surface area contributed by atoms with Gasteiger partial charge in [0, 0.05) is 0 Å². The van der Waals surface area contributed by atoms with Crippen LogP contribution in [-0.4, -0.2) is 7.11 Å². The molecule has 0 radical (unpaired) electrons. The Labute approximate surface area is 125 Å². The fraction of sp³-hybridized carbons (Fsp3) is 0.789. The van der Waals surface area contributed by atoms with Crippen molar-refractivity contribution in [2.45, 2.75) is 64.2 Å². The van der Waals surface area contributed by atoms with Gasteiger partial charge in [-0.25, -0.2) is 0 Å². The van der Waals surface area contributed by atoms with Crippen LogP contribution in [0.3, 0.4) is 0 Å². The van der Waals surface area contributed by atoms with Gasteiger partial charge in [0.05, 0.1) is 13.4 Å². The molecule has 20 heavy (non-hydrogen) atoms. The van der Waals surface area contributed by atoms with Crippen molar-refractivity contribution in [2.24, 2.45) is 23.7 Å². The predicted octanol–water partition coefficient (Wildman–Crippen LogP) is 5.73. The fourth-order valence-corrected chi connectivity index (χ4v) is 4.30. The van der Waals surface area contributed by atoms with Crippen LogP contribution in [-0.2, 0) is 4.74 Å². The van der Waals surface area contributed by atoms with Crippen LogP contribution in [0.1, 0.15) is 64.2 Å². The van der Waals surface area contributed by atoms with Crippen LogP contribution in [0.2, 0.25) is 0 Å². The van der Waals surface area contributed by atoms with Gasteiger partial charge in [0.15, 0.2) is 0 Å². The Morgan fingerprint density at radius 1 is 0.950 bits per heavy atom. The van der Waals surface area contributed by atoms with Crippen LogP contribution in [0.25, 0.3) is 0 Å². The monoisotopic (exact) mass is 276 g/mol. The lowest BCUT2D eigenvalue weighted by Crippen LogP contribution is -2.25. The van der Waals surface area contributed by atoms with Gasteiger partial charge in [-0.15, -0.1) is 6.58 Å². The molecular formula is C19H32O. The van der Waals surface area contributed by atoms with E-state index in [1.165, 1.54) is 64.2 Å². The number of hydrogen-bond acceptors (Lipinski definition) is 1. The molecule has 0 aliphatic heterocycles. The normalized spacial score (nSPS) is 35.0. The van der Waals surface area contributed by atoms with E-state index in [1.54, 1.807) is 7.11 Å². The van der Waals surface area contributed by atoms with Crippen molar-refractivity contribution in [3.8, 4) is 0 Å². The summed E-state index contributed by atoms with van der Waals surface area (Å²) in [6.45, 7) is 3.85. The molecule has 2 aliphatic carbocycles. The molecule has 2 saturated carbocycles. The Morgan fingerprint density at radius 3 is 2.10 bits per heavy atom. The third-order valence-electron chi connectivity index (χ3n) is 5.64. The number of methoxy groups -OCH3 is 1. The summed E-state index contributed by atoms with van der Waals surface area (Å²) >= 11 is 0. The molecule has 0 aromatic heterocycles. The summed E-state index contributed by atoms with van der Waals surface area (Å²) in [6.07, 6.45) is 20.4. The Morgan fingerprint density at radius 2 is 1.55 bits per heavy atom. The van der Waals surface area contributed by atoms with Crippen molar-refractivity contribution in [3.63, 3.8) is 0 Å². The first-order valence-corrected chi connectivity index (χ1v) is 8.63. The lowest BCUT2D eigenvalue weighted by Gasteiger charge is -2.37. The van der Waals surface area contributed by atoms with Crippen LogP contribution in [0.5, 0.6) is 0 Å². The number of ether oxygens (including phenoxy) is 1. The first kappa shape index (κ1) is 15.7. The molecule has 0 saturated heterocycles. The second-order valence-electron chi connectivity index (χ2n) is 6.89. The SMILES string of the molecule is C=CCC[C@H]1CC[C@H]([C@H]2CC[C@H](C=COC)CC2)CC1. The van der Waals surface area contributed by atoms with Gasteiger partial charge in [-0.1, -0.05) is 18.9 Å². The number of allylic oxidation sites excluding steroid dienone is 2. The molecule has 2 aliphatic rings. The molecule has 0 bridgehead atoms. The van der Waals surface area contributed by atoms with Gasteiger partial charge < -0.3 is 4.74 Å². The number of rotatable bonds is 6. The van der Waals surface area contributed by atoms with Crippen molar-refractivity contribution in [1.29, 1.82) is 0 Å². The molecule has 1 heteroatoms. The first-order valence-electron chi connectivity index (χ1n) is 8.63. The van der Waals surface area contributed by atoms with Crippen molar-refractivity contribution >= 4 is 0 Å². The predicted molar refractivity (Wildman–Crippen MR) is 86.5 cm³/mol. The van der Waals surface area contributed by atoms with E-state index in [-0.39, 0.29) is 0 Å². The summed E-state index contributed by atoms with van der Waals surface area (Å²) in [5, 5.41) is 0. The molecule has 1 nitrogen and oxygen atoms in total. The van der Waals surface area contributed by atoms with Crippen LogP contribution in [0.4, 0.5) is 0 Å². The summed E-state index contributed by atoms with van der Waals surface area (Å²) in [5.41, 5.74) is 0. The lowest BCUT2D eigenvalue weighted by molar-refractivity contribution is 0.152. The molecular weight excluding hydrogens is 244 g/mol.